The summed E-state index contributed by atoms with van der Waals surface area (Å²) >= 11 is 0. The molecule has 0 radical (unpaired) electrons. The number of rotatable bonds is 0. The molecule has 0 saturated heterocycles. The maximum Gasteiger partial charge on any atom is 0.0596 e. The normalized spacial score (nSPS) is 58.4. The third-order valence-corrected chi connectivity index (χ3v) is 8.83. The lowest BCUT2D eigenvalue weighted by atomic mass is 9.43. The zero-order valence-electron chi connectivity index (χ0n) is 14.4. The highest BCUT2D eigenvalue weighted by Gasteiger charge is 2.58. The minimum Gasteiger partial charge on any atom is -0.393 e. The molecule has 4 aliphatic rings. The van der Waals surface area contributed by atoms with Gasteiger partial charge >= 0.3 is 0 Å². The van der Waals surface area contributed by atoms with Crippen LogP contribution in [0.1, 0.15) is 78.1 Å². The Labute approximate surface area is 135 Å². The molecule has 8 atom stereocenters. The summed E-state index contributed by atoms with van der Waals surface area (Å²) in [7, 11) is 0. The largest absolute Gasteiger partial charge is 0.393 e. The predicted octanol–water partition coefficient (Wildman–Crippen LogP) is 4.14. The van der Waals surface area contributed by atoms with Gasteiger partial charge in [-0.05, 0) is 92.3 Å². The van der Waals surface area contributed by atoms with Gasteiger partial charge in [0, 0.05) is 0 Å². The molecule has 0 bridgehead atoms. The second kappa shape index (κ2) is 5.21. The summed E-state index contributed by atoms with van der Waals surface area (Å²) in [6.45, 7) is 4.93. The molecule has 22 heavy (non-hydrogen) atoms. The van der Waals surface area contributed by atoms with Gasteiger partial charge in [0.05, 0.1) is 12.2 Å². The third-order valence-electron chi connectivity index (χ3n) is 8.83. The van der Waals surface area contributed by atoms with Gasteiger partial charge in [-0.15, -0.1) is 0 Å². The molecule has 2 N–H and O–H groups in total. The van der Waals surface area contributed by atoms with E-state index in [9.17, 15) is 10.2 Å². The van der Waals surface area contributed by atoms with E-state index in [-0.39, 0.29) is 17.6 Å². The van der Waals surface area contributed by atoms with Crippen molar-refractivity contribution in [3.8, 4) is 0 Å². The lowest BCUT2D eigenvalue weighted by Gasteiger charge is -2.63. The van der Waals surface area contributed by atoms with E-state index >= 15 is 0 Å². The molecular weight excluding hydrogens is 272 g/mol. The molecule has 0 heterocycles. The van der Waals surface area contributed by atoms with E-state index in [0.717, 1.165) is 42.9 Å². The summed E-state index contributed by atoms with van der Waals surface area (Å²) in [5.74, 6) is 3.18. The van der Waals surface area contributed by atoms with Crippen LogP contribution in [0.2, 0.25) is 0 Å². The summed E-state index contributed by atoms with van der Waals surface area (Å²) in [5, 5.41) is 20.7. The van der Waals surface area contributed by atoms with E-state index in [1.807, 2.05) is 0 Å². The maximum atomic E-state index is 10.7. The van der Waals surface area contributed by atoms with Gasteiger partial charge in [0.1, 0.15) is 0 Å². The topological polar surface area (TPSA) is 40.5 Å². The van der Waals surface area contributed by atoms with Crippen LogP contribution in [0.4, 0.5) is 0 Å². The molecule has 0 aromatic carbocycles. The second-order valence-corrected chi connectivity index (χ2v) is 9.58. The van der Waals surface area contributed by atoms with Crippen molar-refractivity contribution in [2.75, 3.05) is 0 Å². The Hall–Kier alpha value is -0.0800. The van der Waals surface area contributed by atoms with Crippen LogP contribution in [0.3, 0.4) is 0 Å². The first-order valence-corrected chi connectivity index (χ1v) is 9.81. The molecule has 0 unspecified atom stereocenters. The van der Waals surface area contributed by atoms with Crippen LogP contribution in [0.25, 0.3) is 0 Å². The van der Waals surface area contributed by atoms with Crippen molar-refractivity contribution in [2.45, 2.75) is 90.3 Å². The fourth-order valence-corrected chi connectivity index (χ4v) is 7.40. The number of hydrogen-bond acceptors (Lipinski definition) is 2. The Kier molecular flexibility index (Phi) is 3.66. The molecule has 0 aromatic heterocycles. The predicted molar refractivity (Wildman–Crippen MR) is 88.4 cm³/mol. The van der Waals surface area contributed by atoms with Crippen molar-refractivity contribution in [3.05, 3.63) is 0 Å². The van der Waals surface area contributed by atoms with E-state index in [1.165, 1.54) is 44.9 Å². The number of fused-ring (bicyclic) bond motifs is 5. The van der Waals surface area contributed by atoms with Gasteiger partial charge < -0.3 is 10.2 Å². The van der Waals surface area contributed by atoms with Gasteiger partial charge in [-0.25, -0.2) is 0 Å². The van der Waals surface area contributed by atoms with Crippen LogP contribution >= 0.6 is 0 Å². The van der Waals surface area contributed by atoms with Gasteiger partial charge in [-0.1, -0.05) is 20.3 Å². The van der Waals surface area contributed by atoms with Gasteiger partial charge in [-0.3, -0.25) is 0 Å². The average Bonchev–Trinajstić information content (AvgIpc) is 2.49. The highest BCUT2D eigenvalue weighted by atomic mass is 16.3. The summed E-state index contributed by atoms with van der Waals surface area (Å²) in [4.78, 5) is 0. The monoisotopic (exact) mass is 306 g/mol. The molecule has 4 saturated carbocycles. The third kappa shape index (κ3) is 2.05. The van der Waals surface area contributed by atoms with E-state index < -0.39 is 0 Å². The van der Waals surface area contributed by atoms with Gasteiger partial charge in [0.2, 0.25) is 0 Å². The molecule has 0 aliphatic heterocycles. The fraction of sp³-hybridized carbons (Fsp3) is 1.00. The summed E-state index contributed by atoms with van der Waals surface area (Å²) in [6.07, 6.45) is 12.0. The zero-order chi connectivity index (χ0) is 15.5. The second-order valence-electron chi connectivity index (χ2n) is 9.58. The number of aliphatic hydroxyl groups excluding tert-OH is 2. The summed E-state index contributed by atoms with van der Waals surface area (Å²) in [5.41, 5.74) is 0.655. The average molecular weight is 306 g/mol. The summed E-state index contributed by atoms with van der Waals surface area (Å²) in [6, 6.07) is 0. The quantitative estimate of drug-likeness (QED) is 0.706. The Balaban J connectivity index is 1.62. The van der Waals surface area contributed by atoms with Crippen molar-refractivity contribution in [1.29, 1.82) is 0 Å². The lowest BCUT2D eigenvalue weighted by Crippen LogP contribution is -2.57. The van der Waals surface area contributed by atoms with Gasteiger partial charge in [-0.2, -0.15) is 0 Å². The molecule has 0 spiro atoms. The van der Waals surface area contributed by atoms with Crippen LogP contribution in [-0.4, -0.2) is 22.4 Å². The van der Waals surface area contributed by atoms with Crippen LogP contribution in [0.15, 0.2) is 0 Å². The zero-order valence-corrected chi connectivity index (χ0v) is 14.4. The first kappa shape index (κ1) is 15.4. The fourth-order valence-electron chi connectivity index (χ4n) is 7.40. The molecule has 0 aromatic rings. The van der Waals surface area contributed by atoms with Crippen molar-refractivity contribution in [1.82, 2.24) is 0 Å². The Morgan fingerprint density at radius 3 is 2.32 bits per heavy atom. The maximum absolute atomic E-state index is 10.7. The van der Waals surface area contributed by atoms with Crippen molar-refractivity contribution < 1.29 is 10.2 Å². The Morgan fingerprint density at radius 1 is 0.773 bits per heavy atom. The van der Waals surface area contributed by atoms with E-state index in [4.69, 9.17) is 0 Å². The smallest absolute Gasteiger partial charge is 0.0596 e. The van der Waals surface area contributed by atoms with Crippen LogP contribution in [0, 0.1) is 34.5 Å². The van der Waals surface area contributed by atoms with E-state index in [0.29, 0.717) is 5.41 Å². The molecular formula is C20H34O2. The Morgan fingerprint density at radius 2 is 1.50 bits per heavy atom. The van der Waals surface area contributed by atoms with E-state index in [1.54, 1.807) is 0 Å². The van der Waals surface area contributed by atoms with Crippen LogP contribution < -0.4 is 0 Å². The van der Waals surface area contributed by atoms with Crippen LogP contribution in [0.5, 0.6) is 0 Å². The highest BCUT2D eigenvalue weighted by molar-refractivity contribution is 5.08. The van der Waals surface area contributed by atoms with E-state index in [2.05, 4.69) is 13.8 Å². The minimum atomic E-state index is -0.0640. The number of hydrogen-bond donors (Lipinski definition) is 2. The first-order valence-electron chi connectivity index (χ1n) is 9.81. The lowest BCUT2D eigenvalue weighted by molar-refractivity contribution is -0.165. The molecule has 4 aliphatic carbocycles. The van der Waals surface area contributed by atoms with Crippen molar-refractivity contribution >= 4 is 0 Å². The Bertz CT molecular complexity index is 435. The molecule has 2 heteroatoms. The molecule has 126 valence electrons. The SMILES string of the molecule is C[C@]12CC[C@@H](O)C[C@@H]1CC[C@H]1[C@H]3CCC[C@H](O)[C@]3(C)CC[C@@H]12. The van der Waals surface area contributed by atoms with Gasteiger partial charge in [0.15, 0.2) is 0 Å². The van der Waals surface area contributed by atoms with Gasteiger partial charge in [0.25, 0.3) is 0 Å². The summed E-state index contributed by atoms with van der Waals surface area (Å²) < 4.78 is 0. The molecule has 2 nitrogen and oxygen atoms in total. The number of aliphatic hydroxyl groups is 2. The molecule has 0 amide bonds. The molecule has 4 fully saturated rings. The minimum absolute atomic E-state index is 0.0417. The first-order chi connectivity index (χ1) is 10.4. The van der Waals surface area contributed by atoms with Crippen LogP contribution in [-0.2, 0) is 0 Å². The van der Waals surface area contributed by atoms with Crippen molar-refractivity contribution in [2.24, 2.45) is 34.5 Å². The molecule has 4 rings (SSSR count). The standard InChI is InChI=1S/C20H34O2/c1-19-10-8-14(21)12-13(19)6-7-15-16-4-3-5-18(22)20(16,2)11-9-17(15)19/h13-18,21-22H,3-12H2,1-2H3/t13-,14+,15-,16+,17-,18-,19-,20+/m0/s1. The van der Waals surface area contributed by atoms with Crippen molar-refractivity contribution in [3.63, 3.8) is 0 Å². The highest BCUT2D eigenvalue weighted by Crippen LogP contribution is 2.65.